The number of hydrogen-bond donors (Lipinski definition) is 2. The van der Waals surface area contributed by atoms with Crippen LogP contribution in [-0.2, 0) is 0 Å². The molecule has 2 heterocycles. The Labute approximate surface area is 115 Å². The van der Waals surface area contributed by atoms with Crippen molar-refractivity contribution in [3.8, 4) is 0 Å². The van der Waals surface area contributed by atoms with E-state index in [2.05, 4.69) is 15.6 Å². The summed E-state index contributed by atoms with van der Waals surface area (Å²) in [5.41, 5.74) is 1.07. The van der Waals surface area contributed by atoms with Gasteiger partial charge in [0.15, 0.2) is 5.58 Å². The van der Waals surface area contributed by atoms with E-state index in [1.807, 2.05) is 0 Å². The first-order valence-electron chi connectivity index (χ1n) is 6.74. The van der Waals surface area contributed by atoms with Crippen LogP contribution < -0.4 is 10.6 Å². The van der Waals surface area contributed by atoms with Gasteiger partial charge in [0.1, 0.15) is 5.52 Å². The van der Waals surface area contributed by atoms with E-state index in [4.69, 9.17) is 4.42 Å². The number of nitro groups is 1. The molecule has 106 valence electrons. The molecule has 1 aromatic carbocycles. The van der Waals surface area contributed by atoms with Gasteiger partial charge in [-0.25, -0.2) is 0 Å². The third kappa shape index (κ3) is 2.72. The molecule has 0 bridgehead atoms. The summed E-state index contributed by atoms with van der Waals surface area (Å²) in [6, 6.07) is 5.14. The fourth-order valence-corrected chi connectivity index (χ4v) is 2.41. The lowest BCUT2D eigenvalue weighted by Gasteiger charge is -2.14. The van der Waals surface area contributed by atoms with E-state index in [0.717, 1.165) is 25.9 Å². The lowest BCUT2D eigenvalue weighted by atomic mass is 10.1. The third-order valence-electron chi connectivity index (χ3n) is 3.46. The van der Waals surface area contributed by atoms with Gasteiger partial charge in [-0.3, -0.25) is 10.1 Å². The highest BCUT2D eigenvalue weighted by Crippen LogP contribution is 2.24. The van der Waals surface area contributed by atoms with Crippen LogP contribution in [0.1, 0.15) is 19.3 Å². The maximum atomic E-state index is 10.7. The maximum Gasteiger partial charge on any atom is 0.295 e. The number of nitrogens with one attached hydrogen (secondary N) is 2. The maximum absolute atomic E-state index is 10.7. The van der Waals surface area contributed by atoms with Crippen molar-refractivity contribution >= 4 is 22.8 Å². The lowest BCUT2D eigenvalue weighted by Crippen LogP contribution is -2.30. The van der Waals surface area contributed by atoms with Crippen molar-refractivity contribution < 1.29 is 9.34 Å². The quantitative estimate of drug-likeness (QED) is 0.660. The van der Waals surface area contributed by atoms with Gasteiger partial charge in [-0.1, -0.05) is 6.42 Å². The van der Waals surface area contributed by atoms with Crippen LogP contribution in [0.5, 0.6) is 0 Å². The molecule has 0 saturated carbocycles. The Morgan fingerprint density at radius 2 is 2.35 bits per heavy atom. The molecule has 3 rings (SSSR count). The van der Waals surface area contributed by atoms with Gasteiger partial charge in [0.05, 0.1) is 11.0 Å². The van der Waals surface area contributed by atoms with Gasteiger partial charge in [-0.2, -0.15) is 4.98 Å². The van der Waals surface area contributed by atoms with Crippen LogP contribution in [-0.4, -0.2) is 29.0 Å². The Hall–Kier alpha value is -2.15. The van der Waals surface area contributed by atoms with Crippen LogP contribution >= 0.6 is 0 Å². The minimum atomic E-state index is -0.440. The van der Waals surface area contributed by atoms with E-state index in [1.165, 1.54) is 18.6 Å². The number of aromatic nitrogens is 1. The predicted molar refractivity (Wildman–Crippen MR) is 74.8 cm³/mol. The standard InChI is InChI=1S/C13H16N4O3/c18-17(19)10-4-5-11-12(7-10)20-13(16-11)15-9-3-1-2-6-14-8-9/h4-5,7,9,14H,1-3,6,8H2,(H,15,16). The Bertz CT molecular complexity index is 617. The zero-order valence-electron chi connectivity index (χ0n) is 11.0. The smallest absolute Gasteiger partial charge is 0.295 e. The average molecular weight is 276 g/mol. The van der Waals surface area contributed by atoms with Gasteiger partial charge in [0.2, 0.25) is 0 Å². The Balaban J connectivity index is 1.79. The van der Waals surface area contributed by atoms with Gasteiger partial charge in [-0.15, -0.1) is 0 Å². The normalized spacial score (nSPS) is 19.7. The molecule has 2 aromatic rings. The second-order valence-corrected chi connectivity index (χ2v) is 4.97. The summed E-state index contributed by atoms with van der Waals surface area (Å²) in [7, 11) is 0. The molecule has 0 spiro atoms. The molecule has 1 unspecified atom stereocenters. The average Bonchev–Trinajstić information content (AvgIpc) is 2.64. The second-order valence-electron chi connectivity index (χ2n) is 4.97. The van der Waals surface area contributed by atoms with Gasteiger partial charge >= 0.3 is 0 Å². The summed E-state index contributed by atoms with van der Waals surface area (Å²) >= 11 is 0. The molecule has 0 radical (unpaired) electrons. The minimum Gasteiger partial charge on any atom is -0.423 e. The van der Waals surface area contributed by atoms with Gasteiger partial charge in [0.25, 0.3) is 11.7 Å². The summed E-state index contributed by atoms with van der Waals surface area (Å²) in [6.45, 7) is 1.91. The number of non-ortho nitro benzene ring substituents is 1. The number of benzene rings is 1. The molecule has 1 aromatic heterocycles. The fraction of sp³-hybridized carbons (Fsp3) is 0.462. The van der Waals surface area contributed by atoms with E-state index in [9.17, 15) is 10.1 Å². The molecule has 7 heteroatoms. The fourth-order valence-electron chi connectivity index (χ4n) is 2.41. The molecule has 2 N–H and O–H groups in total. The highest BCUT2D eigenvalue weighted by atomic mass is 16.6. The summed E-state index contributed by atoms with van der Waals surface area (Å²) in [4.78, 5) is 14.6. The highest BCUT2D eigenvalue weighted by molar-refractivity contribution is 5.77. The zero-order valence-corrected chi connectivity index (χ0v) is 11.0. The number of rotatable bonds is 3. The minimum absolute atomic E-state index is 0.0105. The number of hydrogen-bond acceptors (Lipinski definition) is 6. The Kier molecular flexibility index (Phi) is 3.51. The SMILES string of the molecule is O=[N+]([O-])c1ccc2nc(NC3CCCCNC3)oc2c1. The van der Waals surface area contributed by atoms with E-state index in [0.29, 0.717) is 17.1 Å². The molecular formula is C13H16N4O3. The van der Waals surface area contributed by atoms with Crippen LogP contribution in [0.2, 0.25) is 0 Å². The first-order chi connectivity index (χ1) is 9.72. The molecule has 7 nitrogen and oxygen atoms in total. The Morgan fingerprint density at radius 3 is 3.20 bits per heavy atom. The Morgan fingerprint density at radius 1 is 1.45 bits per heavy atom. The topological polar surface area (TPSA) is 93.2 Å². The van der Waals surface area contributed by atoms with Gasteiger partial charge < -0.3 is 15.1 Å². The number of nitro benzene ring substituents is 1. The first kappa shape index (κ1) is 12.9. The van der Waals surface area contributed by atoms with Crippen molar-refractivity contribution in [2.24, 2.45) is 0 Å². The summed E-state index contributed by atoms with van der Waals surface area (Å²) < 4.78 is 5.55. The number of nitrogens with zero attached hydrogens (tertiary/aromatic N) is 2. The number of fused-ring (bicyclic) bond motifs is 1. The highest BCUT2D eigenvalue weighted by Gasteiger charge is 2.16. The van der Waals surface area contributed by atoms with Crippen molar-refractivity contribution in [3.63, 3.8) is 0 Å². The van der Waals surface area contributed by atoms with Crippen LogP contribution in [0.4, 0.5) is 11.7 Å². The van der Waals surface area contributed by atoms with Crippen molar-refractivity contribution in [2.75, 3.05) is 18.4 Å². The van der Waals surface area contributed by atoms with E-state index in [-0.39, 0.29) is 11.7 Å². The molecule has 0 aliphatic carbocycles. The second kappa shape index (κ2) is 5.46. The molecule has 20 heavy (non-hydrogen) atoms. The van der Waals surface area contributed by atoms with Crippen molar-refractivity contribution in [1.29, 1.82) is 0 Å². The summed E-state index contributed by atoms with van der Waals surface area (Å²) in [6.07, 6.45) is 3.40. The van der Waals surface area contributed by atoms with Gasteiger partial charge in [0, 0.05) is 18.7 Å². The van der Waals surface area contributed by atoms with Crippen molar-refractivity contribution in [2.45, 2.75) is 25.3 Å². The summed E-state index contributed by atoms with van der Waals surface area (Å²) in [5.74, 6) is 0. The van der Waals surface area contributed by atoms with E-state index in [1.54, 1.807) is 6.07 Å². The van der Waals surface area contributed by atoms with Crippen LogP contribution in [0, 0.1) is 10.1 Å². The monoisotopic (exact) mass is 276 g/mol. The molecule has 0 amide bonds. The van der Waals surface area contributed by atoms with E-state index < -0.39 is 4.92 Å². The third-order valence-corrected chi connectivity index (χ3v) is 3.46. The number of anilines is 1. The van der Waals surface area contributed by atoms with Crippen molar-refractivity contribution in [1.82, 2.24) is 10.3 Å². The first-order valence-corrected chi connectivity index (χ1v) is 6.74. The van der Waals surface area contributed by atoms with Crippen molar-refractivity contribution in [3.05, 3.63) is 28.3 Å². The van der Waals surface area contributed by atoms with Crippen LogP contribution in [0.3, 0.4) is 0 Å². The molecule has 1 aliphatic rings. The molecular weight excluding hydrogens is 260 g/mol. The molecule has 1 saturated heterocycles. The summed E-state index contributed by atoms with van der Waals surface area (Å²) in [5, 5.41) is 17.3. The predicted octanol–water partition coefficient (Wildman–Crippen LogP) is 2.29. The lowest BCUT2D eigenvalue weighted by molar-refractivity contribution is -0.384. The zero-order chi connectivity index (χ0) is 13.9. The number of oxazole rings is 1. The largest absolute Gasteiger partial charge is 0.423 e. The molecule has 1 atom stereocenters. The molecule has 1 aliphatic heterocycles. The van der Waals surface area contributed by atoms with Crippen LogP contribution in [0.15, 0.2) is 22.6 Å². The van der Waals surface area contributed by atoms with Gasteiger partial charge in [-0.05, 0) is 25.5 Å². The van der Waals surface area contributed by atoms with Crippen LogP contribution in [0.25, 0.3) is 11.1 Å². The van der Waals surface area contributed by atoms with E-state index >= 15 is 0 Å². The molecule has 1 fully saturated rings.